The molecule has 33 heavy (non-hydrogen) atoms. The molecule has 1 amide bonds. The molecule has 0 unspecified atom stereocenters. The predicted molar refractivity (Wildman–Crippen MR) is 128 cm³/mol. The molecule has 1 N–H and O–H groups in total. The van der Waals surface area contributed by atoms with Gasteiger partial charge in [-0.2, -0.15) is 4.68 Å². The Morgan fingerprint density at radius 1 is 1.00 bits per heavy atom. The van der Waals surface area contributed by atoms with Crippen LogP contribution in [0.2, 0.25) is 0 Å². The maximum atomic E-state index is 13.2. The van der Waals surface area contributed by atoms with Crippen LogP contribution >= 0.6 is 0 Å². The van der Waals surface area contributed by atoms with Crippen LogP contribution in [0.5, 0.6) is 0 Å². The molecule has 0 saturated heterocycles. The van der Waals surface area contributed by atoms with Crippen molar-refractivity contribution in [1.29, 1.82) is 0 Å². The van der Waals surface area contributed by atoms with Gasteiger partial charge in [-0.05, 0) is 72.2 Å². The molecule has 4 aromatic rings. The van der Waals surface area contributed by atoms with Gasteiger partial charge in [0.1, 0.15) is 0 Å². The van der Waals surface area contributed by atoms with Gasteiger partial charge in [0.05, 0.1) is 11.4 Å². The van der Waals surface area contributed by atoms with E-state index in [1.165, 1.54) is 5.56 Å². The molecule has 168 valence electrons. The molecular weight excluding hydrogens is 412 g/mol. The molecule has 0 saturated carbocycles. The van der Waals surface area contributed by atoms with E-state index in [1.807, 2.05) is 57.3 Å². The largest absolute Gasteiger partial charge is 0.348 e. The average Bonchev–Trinajstić information content (AvgIpc) is 3.29. The van der Waals surface area contributed by atoms with Gasteiger partial charge in [0.2, 0.25) is 0 Å². The van der Waals surface area contributed by atoms with Gasteiger partial charge in [-0.3, -0.25) is 9.78 Å². The highest BCUT2D eigenvalue weighted by molar-refractivity contribution is 5.96. The van der Waals surface area contributed by atoms with Crippen LogP contribution in [0.3, 0.4) is 0 Å². The Balaban J connectivity index is 1.71. The molecule has 0 bridgehead atoms. The highest BCUT2D eigenvalue weighted by atomic mass is 16.1. The van der Waals surface area contributed by atoms with Gasteiger partial charge < -0.3 is 5.32 Å². The molecule has 0 aliphatic heterocycles. The van der Waals surface area contributed by atoms with Gasteiger partial charge in [-0.15, -0.1) is 5.10 Å². The second-order valence-electron chi connectivity index (χ2n) is 8.71. The molecular formula is C26H28N6O. The fraction of sp³-hybridized carbons (Fsp3) is 0.269. The summed E-state index contributed by atoms with van der Waals surface area (Å²) in [6.45, 7) is 10.6. The number of nitrogens with one attached hydrogen (secondary N) is 1. The lowest BCUT2D eigenvalue weighted by Crippen LogP contribution is -2.23. The summed E-state index contributed by atoms with van der Waals surface area (Å²) in [6, 6.07) is 15.8. The Morgan fingerprint density at radius 2 is 1.79 bits per heavy atom. The molecule has 7 nitrogen and oxygen atoms in total. The number of pyridine rings is 1. The fourth-order valence-electron chi connectivity index (χ4n) is 3.71. The minimum Gasteiger partial charge on any atom is -0.348 e. The number of aryl methyl sites for hydroxylation is 3. The smallest absolute Gasteiger partial charge is 0.251 e. The molecule has 2 aromatic carbocycles. The van der Waals surface area contributed by atoms with Crippen molar-refractivity contribution in [2.45, 2.75) is 47.1 Å². The summed E-state index contributed by atoms with van der Waals surface area (Å²) in [5.74, 6) is 0.693. The zero-order chi connectivity index (χ0) is 23.5. The summed E-state index contributed by atoms with van der Waals surface area (Å²) in [4.78, 5) is 17.7. The number of carbonyl (C=O) groups excluding carboxylic acids is 1. The number of aromatic nitrogens is 5. The van der Waals surface area contributed by atoms with Crippen LogP contribution in [0.4, 0.5) is 0 Å². The summed E-state index contributed by atoms with van der Waals surface area (Å²) in [5.41, 5.74) is 7.38. The second kappa shape index (κ2) is 9.32. The molecule has 0 aliphatic carbocycles. The summed E-state index contributed by atoms with van der Waals surface area (Å²) in [6.07, 6.45) is 1.82. The third-order valence-electron chi connectivity index (χ3n) is 5.58. The third kappa shape index (κ3) is 4.98. The highest BCUT2D eigenvalue weighted by Crippen LogP contribution is 2.25. The van der Waals surface area contributed by atoms with E-state index in [0.717, 1.165) is 39.5 Å². The SMILES string of the molecule is Cc1ccc(-c2cc(C(=O)NCc3ccc(C)cc3C)cc(-n3nnnc3C(C)C)c2)nc1. The molecule has 2 aromatic heterocycles. The molecule has 2 heterocycles. The van der Waals surface area contributed by atoms with Crippen LogP contribution in [0.25, 0.3) is 16.9 Å². The van der Waals surface area contributed by atoms with Crippen LogP contribution in [0.15, 0.2) is 54.7 Å². The quantitative estimate of drug-likeness (QED) is 0.470. The number of rotatable bonds is 6. The summed E-state index contributed by atoms with van der Waals surface area (Å²) in [5, 5.41) is 15.2. The second-order valence-corrected chi connectivity index (χ2v) is 8.71. The van der Waals surface area contributed by atoms with Crippen molar-refractivity contribution in [3.63, 3.8) is 0 Å². The lowest BCUT2D eigenvalue weighted by molar-refractivity contribution is 0.0951. The first kappa shape index (κ1) is 22.3. The van der Waals surface area contributed by atoms with Gasteiger partial charge in [-0.1, -0.05) is 43.7 Å². The van der Waals surface area contributed by atoms with E-state index in [1.54, 1.807) is 4.68 Å². The Hall–Kier alpha value is -3.87. The van der Waals surface area contributed by atoms with E-state index >= 15 is 0 Å². The fourth-order valence-corrected chi connectivity index (χ4v) is 3.71. The Bertz CT molecular complexity index is 1290. The van der Waals surface area contributed by atoms with Gasteiger partial charge in [0.15, 0.2) is 5.82 Å². The highest BCUT2D eigenvalue weighted by Gasteiger charge is 2.17. The molecule has 0 spiro atoms. The Kier molecular flexibility index (Phi) is 6.31. The zero-order valence-electron chi connectivity index (χ0n) is 19.6. The number of amides is 1. The van der Waals surface area contributed by atoms with Crippen molar-refractivity contribution in [3.8, 4) is 16.9 Å². The zero-order valence-corrected chi connectivity index (χ0v) is 19.6. The van der Waals surface area contributed by atoms with E-state index in [-0.39, 0.29) is 11.8 Å². The number of tetrazole rings is 1. The minimum absolute atomic E-state index is 0.128. The average molecular weight is 441 g/mol. The van der Waals surface area contributed by atoms with Crippen LogP contribution < -0.4 is 5.32 Å². The number of nitrogens with zero attached hydrogens (tertiary/aromatic N) is 5. The van der Waals surface area contributed by atoms with Crippen molar-refractivity contribution in [2.75, 3.05) is 0 Å². The molecule has 4 rings (SSSR count). The van der Waals surface area contributed by atoms with Gasteiger partial charge in [0, 0.05) is 29.8 Å². The van der Waals surface area contributed by atoms with Crippen LogP contribution in [-0.2, 0) is 6.54 Å². The Labute approximate surface area is 193 Å². The summed E-state index contributed by atoms with van der Waals surface area (Å²) in [7, 11) is 0. The van der Waals surface area contributed by atoms with Gasteiger partial charge in [-0.25, -0.2) is 0 Å². The summed E-state index contributed by atoms with van der Waals surface area (Å²) < 4.78 is 1.68. The van der Waals surface area contributed by atoms with Crippen molar-refractivity contribution in [1.82, 2.24) is 30.5 Å². The first-order valence-corrected chi connectivity index (χ1v) is 11.0. The summed E-state index contributed by atoms with van der Waals surface area (Å²) >= 11 is 0. The predicted octanol–water partition coefficient (Wildman–Crippen LogP) is 4.70. The van der Waals surface area contributed by atoms with Crippen LogP contribution in [0, 0.1) is 20.8 Å². The minimum atomic E-state index is -0.163. The topological polar surface area (TPSA) is 85.6 Å². The van der Waals surface area contributed by atoms with Gasteiger partial charge in [0.25, 0.3) is 5.91 Å². The van der Waals surface area contributed by atoms with Crippen molar-refractivity contribution in [3.05, 3.63) is 88.4 Å². The van der Waals surface area contributed by atoms with E-state index in [4.69, 9.17) is 0 Å². The number of hydrogen-bond donors (Lipinski definition) is 1. The number of benzene rings is 2. The molecule has 7 heteroatoms. The van der Waals surface area contributed by atoms with E-state index in [0.29, 0.717) is 12.1 Å². The maximum absolute atomic E-state index is 13.2. The maximum Gasteiger partial charge on any atom is 0.251 e. The lowest BCUT2D eigenvalue weighted by atomic mass is 10.0. The first-order valence-electron chi connectivity index (χ1n) is 11.0. The molecule has 0 atom stereocenters. The molecule has 0 aliphatic rings. The van der Waals surface area contributed by atoms with Crippen molar-refractivity contribution >= 4 is 5.91 Å². The number of carbonyl (C=O) groups is 1. The monoisotopic (exact) mass is 440 g/mol. The Morgan fingerprint density at radius 3 is 2.48 bits per heavy atom. The first-order chi connectivity index (χ1) is 15.8. The van der Waals surface area contributed by atoms with Crippen LogP contribution in [-0.4, -0.2) is 31.1 Å². The third-order valence-corrected chi connectivity index (χ3v) is 5.58. The lowest BCUT2D eigenvalue weighted by Gasteiger charge is -2.13. The molecule has 0 radical (unpaired) electrons. The van der Waals surface area contributed by atoms with Crippen molar-refractivity contribution in [2.24, 2.45) is 0 Å². The standard InChI is InChI=1S/C26H28N6O/c1-16(2)25-29-30-31-32(25)23-12-21(24-9-7-18(4)14-27-24)11-22(13-23)26(33)28-15-20-8-6-17(3)10-19(20)5/h6-14,16H,15H2,1-5H3,(H,28,33). The van der Waals surface area contributed by atoms with E-state index in [2.05, 4.69) is 57.9 Å². The van der Waals surface area contributed by atoms with Crippen LogP contribution in [0.1, 0.15) is 58.2 Å². The van der Waals surface area contributed by atoms with E-state index in [9.17, 15) is 4.79 Å². The number of hydrogen-bond acceptors (Lipinski definition) is 5. The normalized spacial score (nSPS) is 11.1. The molecule has 0 fully saturated rings. The van der Waals surface area contributed by atoms with Gasteiger partial charge >= 0.3 is 0 Å². The van der Waals surface area contributed by atoms with E-state index < -0.39 is 0 Å². The van der Waals surface area contributed by atoms with Crippen molar-refractivity contribution < 1.29 is 4.79 Å².